The summed E-state index contributed by atoms with van der Waals surface area (Å²) in [5, 5.41) is 14.8. The van der Waals surface area contributed by atoms with E-state index < -0.39 is 4.92 Å². The summed E-state index contributed by atoms with van der Waals surface area (Å²) >= 11 is 0. The lowest BCUT2D eigenvalue weighted by Gasteiger charge is -2.18. The summed E-state index contributed by atoms with van der Waals surface area (Å²) in [6.45, 7) is 6.44. The van der Waals surface area contributed by atoms with Crippen LogP contribution < -0.4 is 0 Å². The molecule has 6 nitrogen and oxygen atoms in total. The van der Waals surface area contributed by atoms with Gasteiger partial charge in [0.25, 0.3) is 11.6 Å². The van der Waals surface area contributed by atoms with Gasteiger partial charge in [-0.25, -0.2) is 0 Å². The minimum absolute atomic E-state index is 0.00613. The molecule has 0 aliphatic heterocycles. The first kappa shape index (κ1) is 15.9. The predicted molar refractivity (Wildman–Crippen MR) is 90.5 cm³/mol. The third kappa shape index (κ3) is 3.17. The smallest absolute Gasteiger partial charge is 0.270 e. The number of hydrogen-bond donors (Lipinski definition) is 0. The van der Waals surface area contributed by atoms with Gasteiger partial charge in [0.05, 0.1) is 4.92 Å². The van der Waals surface area contributed by atoms with Crippen molar-refractivity contribution in [2.24, 2.45) is 0 Å². The van der Waals surface area contributed by atoms with Crippen LogP contribution in [0.5, 0.6) is 0 Å². The number of non-ortho nitro benzene ring substituents is 1. The highest BCUT2D eigenvalue weighted by atomic mass is 16.6. The number of nitro benzene ring substituents is 1. The number of rotatable bonds is 3. The lowest BCUT2D eigenvalue weighted by Crippen LogP contribution is -2.10. The van der Waals surface area contributed by atoms with Gasteiger partial charge in [-0.05, 0) is 23.1 Å². The molecule has 0 amide bonds. The maximum absolute atomic E-state index is 10.9. The topological polar surface area (TPSA) is 82.1 Å². The van der Waals surface area contributed by atoms with Crippen LogP contribution in [-0.2, 0) is 5.41 Å². The quantitative estimate of drug-likeness (QED) is 0.519. The average Bonchev–Trinajstić information content (AvgIpc) is 3.04. The molecule has 0 fully saturated rings. The number of aromatic nitrogens is 2. The van der Waals surface area contributed by atoms with Gasteiger partial charge in [-0.15, -0.1) is 0 Å². The highest BCUT2D eigenvalue weighted by Gasteiger charge is 2.16. The molecule has 122 valence electrons. The second-order valence-corrected chi connectivity index (χ2v) is 6.56. The molecule has 0 aliphatic carbocycles. The molecule has 24 heavy (non-hydrogen) atoms. The second kappa shape index (κ2) is 5.88. The van der Waals surface area contributed by atoms with Crippen molar-refractivity contribution in [1.29, 1.82) is 0 Å². The first-order valence-electron chi connectivity index (χ1n) is 7.54. The summed E-state index contributed by atoms with van der Waals surface area (Å²) in [4.78, 5) is 14.8. The van der Waals surface area contributed by atoms with E-state index in [0.29, 0.717) is 17.3 Å². The third-order valence-electron chi connectivity index (χ3n) is 3.74. The molecule has 3 rings (SSSR count). The minimum Gasteiger partial charge on any atom is -0.334 e. The molecule has 2 aromatic carbocycles. The van der Waals surface area contributed by atoms with E-state index in [4.69, 9.17) is 4.52 Å². The summed E-state index contributed by atoms with van der Waals surface area (Å²) < 4.78 is 5.30. The Morgan fingerprint density at radius 3 is 2.38 bits per heavy atom. The molecule has 0 radical (unpaired) electrons. The lowest BCUT2D eigenvalue weighted by atomic mass is 9.87. The fraction of sp³-hybridized carbons (Fsp3) is 0.222. The van der Waals surface area contributed by atoms with Crippen molar-refractivity contribution in [1.82, 2.24) is 10.1 Å². The van der Waals surface area contributed by atoms with Crippen molar-refractivity contribution in [3.63, 3.8) is 0 Å². The van der Waals surface area contributed by atoms with Crippen LogP contribution >= 0.6 is 0 Å². The Hall–Kier alpha value is -3.02. The van der Waals surface area contributed by atoms with E-state index in [0.717, 1.165) is 5.56 Å². The largest absolute Gasteiger partial charge is 0.334 e. The molecule has 3 aromatic rings. The van der Waals surface area contributed by atoms with Crippen LogP contribution in [0, 0.1) is 10.1 Å². The Bertz CT molecular complexity index is 877. The van der Waals surface area contributed by atoms with Gasteiger partial charge < -0.3 is 4.52 Å². The summed E-state index contributed by atoms with van der Waals surface area (Å²) in [6.07, 6.45) is 0. The summed E-state index contributed by atoms with van der Waals surface area (Å²) in [6, 6.07) is 14.1. The molecule has 0 saturated carbocycles. The maximum Gasteiger partial charge on any atom is 0.270 e. The Morgan fingerprint density at radius 1 is 1.04 bits per heavy atom. The first-order chi connectivity index (χ1) is 11.3. The molecular formula is C18H17N3O3. The third-order valence-corrected chi connectivity index (χ3v) is 3.74. The SMILES string of the molecule is CC(C)(C)c1ccc(-c2nc(-c3cccc([N+](=O)[O-])c3)no2)cc1. The van der Waals surface area contributed by atoms with Crippen LogP contribution in [0.1, 0.15) is 26.3 Å². The zero-order valence-electron chi connectivity index (χ0n) is 13.7. The molecule has 1 heterocycles. The van der Waals surface area contributed by atoms with Gasteiger partial charge in [0, 0.05) is 23.3 Å². The van der Waals surface area contributed by atoms with Crippen molar-refractivity contribution in [2.75, 3.05) is 0 Å². The van der Waals surface area contributed by atoms with Crippen molar-refractivity contribution < 1.29 is 9.45 Å². The van der Waals surface area contributed by atoms with Crippen LogP contribution in [0.15, 0.2) is 53.1 Å². The van der Waals surface area contributed by atoms with Crippen LogP contribution in [0.25, 0.3) is 22.8 Å². The molecule has 0 N–H and O–H groups in total. The van der Waals surface area contributed by atoms with Crippen molar-refractivity contribution in [3.8, 4) is 22.8 Å². The highest BCUT2D eigenvalue weighted by molar-refractivity contribution is 5.62. The molecule has 0 spiro atoms. The van der Waals surface area contributed by atoms with Gasteiger partial charge in [-0.2, -0.15) is 4.98 Å². The Kier molecular flexibility index (Phi) is 3.89. The zero-order valence-corrected chi connectivity index (χ0v) is 13.7. The summed E-state index contributed by atoms with van der Waals surface area (Å²) in [5.74, 6) is 0.713. The first-order valence-corrected chi connectivity index (χ1v) is 7.54. The van der Waals surface area contributed by atoms with Gasteiger partial charge in [-0.3, -0.25) is 10.1 Å². The number of benzene rings is 2. The van der Waals surface area contributed by atoms with Gasteiger partial charge in [0.2, 0.25) is 5.82 Å². The normalized spacial score (nSPS) is 11.5. The van der Waals surface area contributed by atoms with Crippen molar-refractivity contribution in [3.05, 3.63) is 64.2 Å². The van der Waals surface area contributed by atoms with Gasteiger partial charge in [0.1, 0.15) is 0 Å². The van der Waals surface area contributed by atoms with Gasteiger partial charge in [-0.1, -0.05) is 50.2 Å². The average molecular weight is 323 g/mol. The van der Waals surface area contributed by atoms with Crippen LogP contribution in [0.2, 0.25) is 0 Å². The maximum atomic E-state index is 10.9. The van der Waals surface area contributed by atoms with E-state index in [9.17, 15) is 10.1 Å². The van der Waals surface area contributed by atoms with Gasteiger partial charge >= 0.3 is 0 Å². The van der Waals surface area contributed by atoms with Gasteiger partial charge in [0.15, 0.2) is 0 Å². The second-order valence-electron chi connectivity index (χ2n) is 6.56. The monoisotopic (exact) mass is 323 g/mol. The molecule has 0 aliphatic rings. The van der Waals surface area contributed by atoms with E-state index >= 15 is 0 Å². The fourth-order valence-corrected chi connectivity index (χ4v) is 2.33. The molecule has 0 atom stereocenters. The summed E-state index contributed by atoms with van der Waals surface area (Å²) in [7, 11) is 0. The predicted octanol–water partition coefficient (Wildman–Crippen LogP) is 4.61. The lowest BCUT2D eigenvalue weighted by molar-refractivity contribution is -0.384. The Balaban J connectivity index is 1.91. The minimum atomic E-state index is -0.449. The Morgan fingerprint density at radius 2 is 1.75 bits per heavy atom. The van der Waals surface area contributed by atoms with Crippen molar-refractivity contribution in [2.45, 2.75) is 26.2 Å². The van der Waals surface area contributed by atoms with E-state index in [1.54, 1.807) is 12.1 Å². The number of nitrogens with zero attached hydrogens (tertiary/aromatic N) is 3. The Labute approximate surface area is 139 Å². The van der Waals surface area contributed by atoms with Crippen LogP contribution in [0.3, 0.4) is 0 Å². The molecule has 6 heteroatoms. The molecule has 1 aromatic heterocycles. The number of hydrogen-bond acceptors (Lipinski definition) is 5. The van der Waals surface area contributed by atoms with E-state index in [2.05, 4.69) is 30.9 Å². The standard InChI is InChI=1S/C18H17N3O3/c1-18(2,3)14-9-7-12(8-10-14)17-19-16(20-24-17)13-5-4-6-15(11-13)21(22)23/h4-11H,1-3H3. The van der Waals surface area contributed by atoms with Crippen LogP contribution in [-0.4, -0.2) is 15.1 Å². The summed E-state index contributed by atoms with van der Waals surface area (Å²) in [5.41, 5.74) is 2.64. The molecule has 0 unspecified atom stereocenters. The highest BCUT2D eigenvalue weighted by Crippen LogP contribution is 2.27. The van der Waals surface area contributed by atoms with E-state index in [1.807, 2.05) is 24.3 Å². The van der Waals surface area contributed by atoms with Crippen molar-refractivity contribution >= 4 is 5.69 Å². The van der Waals surface area contributed by atoms with E-state index in [1.165, 1.54) is 17.7 Å². The molecular weight excluding hydrogens is 306 g/mol. The van der Waals surface area contributed by atoms with E-state index in [-0.39, 0.29) is 11.1 Å². The zero-order chi connectivity index (χ0) is 17.3. The molecule has 0 bridgehead atoms. The van der Waals surface area contributed by atoms with Crippen LogP contribution in [0.4, 0.5) is 5.69 Å². The fourth-order valence-electron chi connectivity index (χ4n) is 2.33. The number of nitro groups is 1. The molecule has 0 saturated heterocycles.